The molecule has 0 unspecified atom stereocenters. The van der Waals surface area contributed by atoms with Crippen molar-refractivity contribution in [2.75, 3.05) is 20.3 Å². The summed E-state index contributed by atoms with van der Waals surface area (Å²) in [5, 5.41) is 3.24. The van der Waals surface area contributed by atoms with Gasteiger partial charge in [0.25, 0.3) is 0 Å². The second kappa shape index (κ2) is 11.4. The minimum Gasteiger partial charge on any atom is -0.490 e. The second-order valence-electron chi connectivity index (χ2n) is 8.55. The predicted molar refractivity (Wildman–Crippen MR) is 135 cm³/mol. The lowest BCUT2D eigenvalue weighted by Crippen LogP contribution is -2.60. The van der Waals surface area contributed by atoms with Gasteiger partial charge in [0.15, 0.2) is 0 Å². The fourth-order valence-electron chi connectivity index (χ4n) is 3.49. The van der Waals surface area contributed by atoms with Gasteiger partial charge < -0.3 is 19.7 Å². The molecule has 1 aliphatic heterocycles. The van der Waals surface area contributed by atoms with Gasteiger partial charge in [0, 0.05) is 6.54 Å². The van der Waals surface area contributed by atoms with Crippen molar-refractivity contribution in [2.45, 2.75) is 40.3 Å². The van der Waals surface area contributed by atoms with Crippen LogP contribution in [0.2, 0.25) is 0 Å². The molecule has 1 N–H and O–H groups in total. The lowest BCUT2D eigenvalue weighted by Gasteiger charge is -2.38. The van der Waals surface area contributed by atoms with Gasteiger partial charge in [-0.1, -0.05) is 36.8 Å². The van der Waals surface area contributed by atoms with E-state index in [4.69, 9.17) is 14.5 Å². The van der Waals surface area contributed by atoms with Crippen LogP contribution in [0.5, 0.6) is 5.75 Å². The van der Waals surface area contributed by atoms with Crippen LogP contribution < -0.4 is 10.1 Å². The zero-order valence-corrected chi connectivity index (χ0v) is 21.8. The SMILES string of the molecule is COC(=O)[C@@H](C)CN1CN/C(=N\c2ccc(OC(C)C)c(Br)c2)N(Cc2ccc(C)cc2)C1=O. The number of esters is 1. The minimum absolute atomic E-state index is 0.0504. The van der Waals surface area contributed by atoms with Crippen LogP contribution in [0.3, 0.4) is 0 Å². The maximum Gasteiger partial charge on any atom is 0.328 e. The molecule has 2 aromatic carbocycles. The molecule has 0 aromatic heterocycles. The Hall–Kier alpha value is -3.07. The monoisotopic (exact) mass is 530 g/mol. The Kier molecular flexibility index (Phi) is 8.55. The molecule has 2 amide bonds. The fourth-order valence-corrected chi connectivity index (χ4v) is 3.95. The molecule has 1 heterocycles. The van der Waals surface area contributed by atoms with Crippen molar-refractivity contribution in [1.82, 2.24) is 15.1 Å². The molecular weight excluding hydrogens is 500 g/mol. The van der Waals surface area contributed by atoms with Gasteiger partial charge in [0.05, 0.1) is 42.5 Å². The molecule has 9 heteroatoms. The molecule has 1 aliphatic rings. The third kappa shape index (κ3) is 6.50. The molecular formula is C25H31BrN4O4. The molecule has 3 rings (SSSR count). The Bertz CT molecular complexity index is 1060. The average Bonchev–Trinajstić information content (AvgIpc) is 2.80. The third-order valence-electron chi connectivity index (χ3n) is 5.26. The van der Waals surface area contributed by atoms with E-state index in [0.29, 0.717) is 18.2 Å². The van der Waals surface area contributed by atoms with Gasteiger partial charge in [0.1, 0.15) is 5.75 Å². The highest BCUT2D eigenvalue weighted by atomic mass is 79.9. The van der Waals surface area contributed by atoms with Crippen molar-refractivity contribution in [3.8, 4) is 5.75 Å². The first kappa shape index (κ1) is 25.6. The van der Waals surface area contributed by atoms with Crippen molar-refractivity contribution in [1.29, 1.82) is 0 Å². The topological polar surface area (TPSA) is 83.5 Å². The van der Waals surface area contributed by atoms with Gasteiger partial charge in [-0.25, -0.2) is 9.79 Å². The minimum atomic E-state index is -0.445. The largest absolute Gasteiger partial charge is 0.490 e. The van der Waals surface area contributed by atoms with Crippen molar-refractivity contribution in [3.05, 3.63) is 58.1 Å². The van der Waals surface area contributed by atoms with Gasteiger partial charge in [-0.2, -0.15) is 0 Å². The Morgan fingerprint density at radius 1 is 1.18 bits per heavy atom. The molecule has 182 valence electrons. The first-order valence-electron chi connectivity index (χ1n) is 11.2. The normalized spacial score (nSPS) is 16.0. The summed E-state index contributed by atoms with van der Waals surface area (Å²) >= 11 is 3.54. The number of carbonyl (C=O) groups is 2. The number of aliphatic imine (C=N–C) groups is 1. The van der Waals surface area contributed by atoms with E-state index < -0.39 is 5.92 Å². The first-order valence-corrected chi connectivity index (χ1v) is 12.0. The Morgan fingerprint density at radius 3 is 2.50 bits per heavy atom. The predicted octanol–water partition coefficient (Wildman–Crippen LogP) is 4.83. The fraction of sp³-hybridized carbons (Fsp3) is 0.400. The number of halogens is 1. The average molecular weight is 531 g/mol. The van der Waals surface area contributed by atoms with Crippen molar-refractivity contribution in [3.63, 3.8) is 0 Å². The highest BCUT2D eigenvalue weighted by Crippen LogP contribution is 2.30. The maximum atomic E-state index is 13.4. The van der Waals surface area contributed by atoms with E-state index in [1.165, 1.54) is 7.11 Å². The van der Waals surface area contributed by atoms with Crippen LogP contribution in [-0.4, -0.2) is 54.2 Å². The highest BCUT2D eigenvalue weighted by Gasteiger charge is 2.32. The van der Waals surface area contributed by atoms with Crippen LogP contribution in [0, 0.1) is 12.8 Å². The van der Waals surface area contributed by atoms with Crippen LogP contribution in [0.15, 0.2) is 51.9 Å². The Balaban J connectivity index is 1.88. The van der Waals surface area contributed by atoms with E-state index in [1.807, 2.05) is 63.2 Å². The molecule has 8 nitrogen and oxygen atoms in total. The summed E-state index contributed by atoms with van der Waals surface area (Å²) in [7, 11) is 1.35. The molecule has 0 saturated carbocycles. The number of amides is 2. The summed E-state index contributed by atoms with van der Waals surface area (Å²) in [5.41, 5.74) is 2.78. The Morgan fingerprint density at radius 2 is 1.88 bits per heavy atom. The summed E-state index contributed by atoms with van der Waals surface area (Å²) in [6.45, 7) is 8.50. The van der Waals surface area contributed by atoms with E-state index >= 15 is 0 Å². The molecule has 1 saturated heterocycles. The quantitative estimate of drug-likeness (QED) is 0.494. The molecule has 0 radical (unpaired) electrons. The van der Waals surface area contributed by atoms with Gasteiger partial charge in [-0.15, -0.1) is 0 Å². The van der Waals surface area contributed by atoms with Crippen LogP contribution in [0.1, 0.15) is 31.9 Å². The molecule has 0 aliphatic carbocycles. The zero-order chi connectivity index (χ0) is 24.8. The summed E-state index contributed by atoms with van der Waals surface area (Å²) in [6, 6.07) is 13.3. The highest BCUT2D eigenvalue weighted by molar-refractivity contribution is 9.10. The third-order valence-corrected chi connectivity index (χ3v) is 5.88. The van der Waals surface area contributed by atoms with E-state index in [9.17, 15) is 9.59 Å². The van der Waals surface area contributed by atoms with Crippen LogP contribution >= 0.6 is 15.9 Å². The number of rotatable bonds is 8. The van der Waals surface area contributed by atoms with E-state index in [0.717, 1.165) is 21.3 Å². The number of aryl methyl sites for hydroxylation is 1. The summed E-state index contributed by atoms with van der Waals surface area (Å²) in [4.78, 5) is 33.2. The van der Waals surface area contributed by atoms with E-state index in [2.05, 4.69) is 21.2 Å². The summed E-state index contributed by atoms with van der Waals surface area (Å²) in [5.74, 6) is 0.369. The molecule has 2 aromatic rings. The first-order chi connectivity index (χ1) is 16.2. The zero-order valence-electron chi connectivity index (χ0n) is 20.2. The smallest absolute Gasteiger partial charge is 0.328 e. The van der Waals surface area contributed by atoms with Gasteiger partial charge >= 0.3 is 12.0 Å². The van der Waals surface area contributed by atoms with Gasteiger partial charge in [-0.3, -0.25) is 9.69 Å². The number of nitrogens with one attached hydrogen (secondary N) is 1. The number of carbonyl (C=O) groups excluding carboxylic acids is 2. The van der Waals surface area contributed by atoms with Crippen molar-refractivity contribution < 1.29 is 19.1 Å². The standard InChI is InChI=1S/C25H31BrN4O4/c1-16(2)34-22-11-10-20(12-21(22)26)28-24-27-15-29(13-18(4)23(31)33-5)25(32)30(24)14-19-8-6-17(3)7-9-19/h6-12,16,18H,13-15H2,1-5H3,(H,27,28)/t18-/m0/s1. The lowest BCUT2D eigenvalue weighted by atomic mass is 10.1. The van der Waals surface area contributed by atoms with Crippen LogP contribution in [-0.2, 0) is 16.1 Å². The summed E-state index contributed by atoms with van der Waals surface area (Å²) in [6.07, 6.45) is 0.0504. The second-order valence-corrected chi connectivity index (χ2v) is 9.41. The number of nitrogens with zero attached hydrogens (tertiary/aromatic N) is 3. The molecule has 1 fully saturated rings. The molecule has 0 spiro atoms. The lowest BCUT2D eigenvalue weighted by molar-refractivity contribution is -0.145. The van der Waals surface area contributed by atoms with Crippen molar-refractivity contribution in [2.24, 2.45) is 10.9 Å². The number of guanidine groups is 1. The number of benzene rings is 2. The molecule has 34 heavy (non-hydrogen) atoms. The van der Waals surface area contributed by atoms with Crippen LogP contribution in [0.25, 0.3) is 0 Å². The molecule has 0 bridgehead atoms. The number of hydrogen-bond donors (Lipinski definition) is 1. The van der Waals surface area contributed by atoms with Gasteiger partial charge in [-0.05, 0) is 60.5 Å². The number of urea groups is 1. The van der Waals surface area contributed by atoms with Crippen molar-refractivity contribution >= 4 is 39.6 Å². The maximum absolute atomic E-state index is 13.4. The van der Waals surface area contributed by atoms with Crippen LogP contribution in [0.4, 0.5) is 10.5 Å². The van der Waals surface area contributed by atoms with E-state index in [-0.39, 0.29) is 31.3 Å². The van der Waals surface area contributed by atoms with Gasteiger partial charge in [0.2, 0.25) is 5.96 Å². The summed E-state index contributed by atoms with van der Waals surface area (Å²) < 4.78 is 11.4. The molecule has 1 atom stereocenters. The van der Waals surface area contributed by atoms with E-state index in [1.54, 1.807) is 16.7 Å². The number of hydrogen-bond acceptors (Lipinski definition) is 5. The Labute approximate surface area is 209 Å². The number of ether oxygens (including phenoxy) is 2. The number of methoxy groups -OCH3 is 1.